The summed E-state index contributed by atoms with van der Waals surface area (Å²) in [6, 6.07) is 0. The SMILES string of the molecule is Br.[LiH].[Li][CH3]. The Morgan fingerprint density at radius 1 is 1.25 bits per heavy atom. The standard InChI is InChI=1S/CH3.BrH.2Li.H/h1H3;1H;;;. The van der Waals surface area contributed by atoms with E-state index in [2.05, 4.69) is 0 Å². The Morgan fingerprint density at radius 3 is 1.25 bits per heavy atom. The van der Waals surface area contributed by atoms with Gasteiger partial charge < -0.3 is 0 Å². The van der Waals surface area contributed by atoms with Crippen LogP contribution >= 0.6 is 17.0 Å². The van der Waals surface area contributed by atoms with Gasteiger partial charge in [-0.3, -0.25) is 0 Å². The Balaban J connectivity index is -0.00000000500. The number of halogens is 1. The van der Waals surface area contributed by atoms with Crippen LogP contribution in [0.4, 0.5) is 0 Å². The van der Waals surface area contributed by atoms with Crippen LogP contribution in [0.1, 0.15) is 0 Å². The molecule has 0 fully saturated rings. The molecule has 0 aliphatic carbocycles. The van der Waals surface area contributed by atoms with Crippen molar-refractivity contribution < 1.29 is 0 Å². The molecule has 0 aliphatic rings. The fourth-order valence-corrected chi connectivity index (χ4v) is 0. The van der Waals surface area contributed by atoms with E-state index in [9.17, 15) is 0 Å². The molecule has 0 aromatic carbocycles. The van der Waals surface area contributed by atoms with Crippen LogP contribution in [0.2, 0.25) is 5.60 Å². The van der Waals surface area contributed by atoms with Crippen molar-refractivity contribution in [3.8, 4) is 0 Å². The summed E-state index contributed by atoms with van der Waals surface area (Å²) in [5.74, 6) is 0. The van der Waals surface area contributed by atoms with Crippen molar-refractivity contribution in [1.82, 2.24) is 0 Å². The molecule has 0 saturated carbocycles. The number of hydrogen-bond acceptors (Lipinski definition) is 0. The van der Waals surface area contributed by atoms with Crippen LogP contribution in [0.5, 0.6) is 0 Å². The van der Waals surface area contributed by atoms with Crippen LogP contribution in [0.15, 0.2) is 0 Å². The molecule has 0 aromatic heterocycles. The normalized spacial score (nSPS) is 1.75. The van der Waals surface area contributed by atoms with Gasteiger partial charge in [0.25, 0.3) is 0 Å². The van der Waals surface area contributed by atoms with Gasteiger partial charge >= 0.3 is 42.2 Å². The van der Waals surface area contributed by atoms with Crippen molar-refractivity contribution in [2.24, 2.45) is 0 Å². The maximum atomic E-state index is 2.00. The predicted molar refractivity (Wildman–Crippen MR) is 29.1 cm³/mol. The van der Waals surface area contributed by atoms with E-state index < -0.39 is 0 Å². The van der Waals surface area contributed by atoms with Crippen molar-refractivity contribution in [1.29, 1.82) is 0 Å². The van der Waals surface area contributed by atoms with Crippen LogP contribution in [0.25, 0.3) is 0 Å². The zero-order chi connectivity index (χ0) is 2.00. The molecule has 3 heteroatoms. The van der Waals surface area contributed by atoms with E-state index in [4.69, 9.17) is 0 Å². The summed E-state index contributed by atoms with van der Waals surface area (Å²) in [5, 5.41) is 0. The summed E-state index contributed by atoms with van der Waals surface area (Å²) in [6.07, 6.45) is 0. The summed E-state index contributed by atoms with van der Waals surface area (Å²) in [6.45, 7) is 0. The third-order valence-electron chi connectivity index (χ3n) is 0. The third-order valence-corrected chi connectivity index (χ3v) is 0. The van der Waals surface area contributed by atoms with Crippen LogP contribution < -0.4 is 0 Å². The summed E-state index contributed by atoms with van der Waals surface area (Å²) >= 11 is 2.00. The summed E-state index contributed by atoms with van der Waals surface area (Å²) in [5.41, 5.74) is 2.00. The molecule has 18 valence electrons. The van der Waals surface area contributed by atoms with E-state index in [1.54, 1.807) is 0 Å². The molecule has 0 saturated heterocycles. The summed E-state index contributed by atoms with van der Waals surface area (Å²) < 4.78 is 0. The van der Waals surface area contributed by atoms with Gasteiger partial charge in [0.2, 0.25) is 0 Å². The second-order valence-corrected chi connectivity index (χ2v) is 0. The summed E-state index contributed by atoms with van der Waals surface area (Å²) in [4.78, 5) is 0. The molecule has 0 unspecified atom stereocenters. The van der Waals surface area contributed by atoms with Gasteiger partial charge in [-0.2, -0.15) is 0 Å². The van der Waals surface area contributed by atoms with Crippen molar-refractivity contribution in [3.05, 3.63) is 0 Å². The zero-order valence-corrected chi connectivity index (χ0v) is 4.12. The summed E-state index contributed by atoms with van der Waals surface area (Å²) in [7, 11) is 0. The van der Waals surface area contributed by atoms with E-state index in [0.29, 0.717) is 0 Å². The van der Waals surface area contributed by atoms with Crippen LogP contribution in [0, 0.1) is 0 Å². The van der Waals surface area contributed by atoms with Crippen molar-refractivity contribution in [2.75, 3.05) is 0 Å². The van der Waals surface area contributed by atoms with Gasteiger partial charge in [0, 0.05) is 0 Å². The molecule has 0 nitrogen and oxygen atoms in total. The van der Waals surface area contributed by atoms with Crippen LogP contribution in [0.3, 0.4) is 0 Å². The Bertz CT molecular complexity index is 6.00. The van der Waals surface area contributed by atoms with Gasteiger partial charge in [-0.1, -0.05) is 0 Å². The average molecular weight is 111 g/mol. The number of hydrogen-bond donors (Lipinski definition) is 0. The van der Waals surface area contributed by atoms with E-state index in [1.807, 2.05) is 23.3 Å². The molecule has 0 aromatic rings. The topological polar surface area (TPSA) is 0 Å². The molecule has 0 N–H and O–H groups in total. The van der Waals surface area contributed by atoms with Gasteiger partial charge in [0.1, 0.15) is 0 Å². The van der Waals surface area contributed by atoms with Gasteiger partial charge in [-0.05, 0) is 0 Å². The van der Waals surface area contributed by atoms with Crippen molar-refractivity contribution >= 4 is 53.6 Å². The molecule has 0 atom stereocenters. The first-order chi connectivity index (χ1) is 1.00. The number of rotatable bonds is 0. The molecule has 0 amide bonds. The molecule has 0 spiro atoms. The Hall–Kier alpha value is 1.67. The van der Waals surface area contributed by atoms with Crippen molar-refractivity contribution in [3.63, 3.8) is 0 Å². The van der Waals surface area contributed by atoms with Crippen molar-refractivity contribution in [2.45, 2.75) is 5.60 Å². The Kier molecular flexibility index (Phi) is 97.5. The van der Waals surface area contributed by atoms with E-state index in [0.717, 1.165) is 0 Å². The van der Waals surface area contributed by atoms with E-state index >= 15 is 0 Å². The average Bonchev–Trinajstić information content (AvgIpc) is 1.00. The van der Waals surface area contributed by atoms with Gasteiger partial charge in [0.05, 0.1) is 0 Å². The zero-order valence-electron chi connectivity index (χ0n) is 2.41. The monoisotopic (exact) mass is 110 g/mol. The Morgan fingerprint density at radius 2 is 1.25 bits per heavy atom. The van der Waals surface area contributed by atoms with Crippen LogP contribution in [-0.2, 0) is 0 Å². The minimum absolute atomic E-state index is 0. The molecule has 0 bridgehead atoms. The van der Waals surface area contributed by atoms with E-state index in [-0.39, 0.29) is 35.8 Å². The molecule has 0 rings (SSSR count). The van der Waals surface area contributed by atoms with Crippen LogP contribution in [-0.4, -0.2) is 36.6 Å². The first-order valence-electron chi connectivity index (χ1n) is 1.00. The maximum absolute atomic E-state index is 2.00. The van der Waals surface area contributed by atoms with Gasteiger partial charge in [-0.15, -0.1) is 17.0 Å². The molecule has 0 heterocycles. The first-order valence-corrected chi connectivity index (χ1v) is 1.00. The fourth-order valence-electron chi connectivity index (χ4n) is 0. The molecule has 0 radical (unpaired) electrons. The second kappa shape index (κ2) is 22.5. The predicted octanol–water partition coefficient (Wildman–Crippen LogP) is 0.132. The molecular formula is CH5BrLi2. The van der Waals surface area contributed by atoms with Gasteiger partial charge in [0.15, 0.2) is 0 Å². The molecule has 4 heavy (non-hydrogen) atoms. The first kappa shape index (κ1) is 17.3. The Labute approximate surface area is 58.9 Å². The second-order valence-electron chi connectivity index (χ2n) is 0. The fraction of sp³-hybridized carbons (Fsp3) is 1.00. The van der Waals surface area contributed by atoms with E-state index in [1.165, 1.54) is 0 Å². The molecule has 0 aliphatic heterocycles. The van der Waals surface area contributed by atoms with Gasteiger partial charge in [-0.25, -0.2) is 0 Å². The molecular weight excluding hydrogens is 106 g/mol. The third kappa shape index (κ3) is 9.37. The minimum atomic E-state index is 0. The quantitative estimate of drug-likeness (QED) is 0.389.